The number of esters is 1. The average Bonchev–Trinajstić information content (AvgIpc) is 3.07. The Bertz CT molecular complexity index is 840. The predicted octanol–water partition coefficient (Wildman–Crippen LogP) is 2.57. The standard InChI is InChI=1S/C16H17N3O3S/c1-4-22-14(21)8-18-13(9-20)12-7-11-5-6-23-16(11)19(12)15(17-18)10(2)3/h5-7,10H,4,8H2,1-3H3. The minimum atomic E-state index is -0.422. The number of aromatic nitrogens is 1. The number of thiophene rings is 1. The molecular weight excluding hydrogens is 314 g/mol. The number of nitrogens with zero attached hydrogens (tertiary/aromatic N) is 3. The van der Waals surface area contributed by atoms with Crippen molar-refractivity contribution in [2.24, 2.45) is 11.0 Å². The third-order valence-electron chi connectivity index (χ3n) is 3.56. The van der Waals surface area contributed by atoms with Crippen LogP contribution in [0.3, 0.4) is 0 Å². The van der Waals surface area contributed by atoms with E-state index in [1.54, 1.807) is 18.3 Å². The fraction of sp³-hybridized carbons (Fsp3) is 0.375. The number of carbonyl (C=O) groups excluding carboxylic acids is 2. The molecule has 0 aromatic carbocycles. The van der Waals surface area contributed by atoms with E-state index in [2.05, 4.69) is 5.10 Å². The zero-order valence-corrected chi connectivity index (χ0v) is 14.0. The van der Waals surface area contributed by atoms with Gasteiger partial charge in [0.25, 0.3) is 0 Å². The summed E-state index contributed by atoms with van der Waals surface area (Å²) in [6.45, 7) is 5.99. The van der Waals surface area contributed by atoms with Gasteiger partial charge in [-0.1, -0.05) is 13.8 Å². The second-order valence-electron chi connectivity index (χ2n) is 5.47. The maximum absolute atomic E-state index is 11.8. The molecule has 0 N–H and O–H groups in total. The Morgan fingerprint density at radius 1 is 1.48 bits per heavy atom. The lowest BCUT2D eigenvalue weighted by Gasteiger charge is -2.28. The third-order valence-corrected chi connectivity index (χ3v) is 4.47. The molecule has 0 atom stereocenters. The van der Waals surface area contributed by atoms with Crippen LogP contribution in [-0.4, -0.2) is 40.5 Å². The van der Waals surface area contributed by atoms with E-state index < -0.39 is 5.97 Å². The van der Waals surface area contributed by atoms with Crippen LogP contribution in [0.5, 0.6) is 0 Å². The molecule has 2 aromatic heterocycles. The zero-order valence-electron chi connectivity index (χ0n) is 13.2. The fourth-order valence-electron chi connectivity index (χ4n) is 2.60. The predicted molar refractivity (Wildman–Crippen MR) is 89.9 cm³/mol. The van der Waals surface area contributed by atoms with E-state index in [0.717, 1.165) is 16.1 Å². The van der Waals surface area contributed by atoms with Gasteiger partial charge in [0.15, 0.2) is 11.6 Å². The van der Waals surface area contributed by atoms with E-state index in [-0.39, 0.29) is 18.2 Å². The molecule has 0 spiro atoms. The van der Waals surface area contributed by atoms with Crippen LogP contribution in [0.1, 0.15) is 26.5 Å². The Morgan fingerprint density at radius 2 is 2.26 bits per heavy atom. The molecule has 3 rings (SSSR count). The van der Waals surface area contributed by atoms with E-state index in [1.165, 1.54) is 5.01 Å². The van der Waals surface area contributed by atoms with Gasteiger partial charge in [0.05, 0.1) is 12.3 Å². The molecule has 0 unspecified atom stereocenters. The smallest absolute Gasteiger partial charge is 0.327 e. The van der Waals surface area contributed by atoms with E-state index in [4.69, 9.17) is 4.74 Å². The zero-order chi connectivity index (χ0) is 16.6. The van der Waals surface area contributed by atoms with E-state index >= 15 is 0 Å². The van der Waals surface area contributed by atoms with Crippen LogP contribution in [0, 0.1) is 5.92 Å². The van der Waals surface area contributed by atoms with Gasteiger partial charge >= 0.3 is 5.97 Å². The summed E-state index contributed by atoms with van der Waals surface area (Å²) < 4.78 is 6.95. The summed E-state index contributed by atoms with van der Waals surface area (Å²) in [6.07, 6.45) is 0. The lowest BCUT2D eigenvalue weighted by atomic mass is 10.1. The van der Waals surface area contributed by atoms with Crippen LogP contribution in [0.4, 0.5) is 0 Å². The first-order valence-corrected chi connectivity index (χ1v) is 8.31. The third kappa shape index (κ3) is 2.58. The lowest BCUT2D eigenvalue weighted by Crippen LogP contribution is -2.35. The van der Waals surface area contributed by atoms with Gasteiger partial charge in [0.2, 0.25) is 0 Å². The average molecular weight is 331 g/mol. The van der Waals surface area contributed by atoms with Crippen molar-refractivity contribution in [2.75, 3.05) is 13.2 Å². The highest BCUT2D eigenvalue weighted by molar-refractivity contribution is 7.17. The Labute approximate surface area is 137 Å². The maximum Gasteiger partial charge on any atom is 0.327 e. The van der Waals surface area contributed by atoms with Crippen LogP contribution < -0.4 is 0 Å². The van der Waals surface area contributed by atoms with Crippen molar-refractivity contribution in [3.05, 3.63) is 23.2 Å². The Kier molecular flexibility index (Phi) is 4.07. The first-order valence-electron chi connectivity index (χ1n) is 7.43. The summed E-state index contributed by atoms with van der Waals surface area (Å²) in [4.78, 5) is 24.4. The molecule has 6 nitrogen and oxygen atoms in total. The molecule has 0 fully saturated rings. The molecule has 0 aliphatic carbocycles. The van der Waals surface area contributed by atoms with Gasteiger partial charge in [-0.2, -0.15) is 5.10 Å². The quantitative estimate of drug-likeness (QED) is 0.638. The molecule has 1 aliphatic rings. The summed E-state index contributed by atoms with van der Waals surface area (Å²) in [5.74, 6) is 2.43. The van der Waals surface area contributed by atoms with Crippen molar-refractivity contribution in [3.8, 4) is 0 Å². The molecule has 120 valence electrons. The molecule has 23 heavy (non-hydrogen) atoms. The topological polar surface area (TPSA) is 63.9 Å². The molecule has 0 saturated heterocycles. The number of hydrogen-bond donors (Lipinski definition) is 0. The van der Waals surface area contributed by atoms with Crippen molar-refractivity contribution in [3.63, 3.8) is 0 Å². The summed E-state index contributed by atoms with van der Waals surface area (Å²) in [6, 6.07) is 3.93. The van der Waals surface area contributed by atoms with E-state index in [0.29, 0.717) is 12.3 Å². The van der Waals surface area contributed by atoms with Gasteiger partial charge in [-0.25, -0.2) is 9.80 Å². The second kappa shape index (κ2) is 6.02. The second-order valence-corrected chi connectivity index (χ2v) is 6.37. The van der Waals surface area contributed by atoms with E-state index in [1.807, 2.05) is 41.9 Å². The minimum absolute atomic E-state index is 0.104. The van der Waals surface area contributed by atoms with Gasteiger partial charge < -0.3 is 4.74 Å². The highest BCUT2D eigenvalue weighted by atomic mass is 32.1. The summed E-state index contributed by atoms with van der Waals surface area (Å²) >= 11 is 1.59. The number of carbonyl (C=O) groups is 1. The highest BCUT2D eigenvalue weighted by Crippen LogP contribution is 2.33. The van der Waals surface area contributed by atoms with Gasteiger partial charge in [-0.15, -0.1) is 11.3 Å². The molecule has 0 amide bonds. The van der Waals surface area contributed by atoms with Gasteiger partial charge in [0.1, 0.15) is 17.2 Å². The maximum atomic E-state index is 11.8. The van der Waals surface area contributed by atoms with Crippen LogP contribution in [0.15, 0.2) is 22.6 Å². The monoisotopic (exact) mass is 331 g/mol. The molecule has 0 bridgehead atoms. The first kappa shape index (κ1) is 15.5. The van der Waals surface area contributed by atoms with Crippen molar-refractivity contribution in [2.45, 2.75) is 20.8 Å². The molecular formula is C16H17N3O3S. The Morgan fingerprint density at radius 3 is 2.91 bits per heavy atom. The van der Waals surface area contributed by atoms with Crippen LogP contribution >= 0.6 is 11.3 Å². The van der Waals surface area contributed by atoms with Crippen LogP contribution in [0.25, 0.3) is 15.9 Å². The minimum Gasteiger partial charge on any atom is -0.465 e. The SMILES string of the molecule is CCOC(=O)CN1N=C(C(C)C)n2c(cc3ccsc32)C1=C=O. The first-order chi connectivity index (χ1) is 11.1. The molecule has 7 heteroatoms. The number of ether oxygens (including phenoxy) is 1. The largest absolute Gasteiger partial charge is 0.465 e. The molecule has 0 radical (unpaired) electrons. The summed E-state index contributed by atoms with van der Waals surface area (Å²) in [5, 5.41) is 8.96. The van der Waals surface area contributed by atoms with Crippen molar-refractivity contribution < 1.29 is 14.3 Å². The van der Waals surface area contributed by atoms with E-state index in [9.17, 15) is 9.59 Å². The number of fused-ring (bicyclic) bond motifs is 3. The summed E-state index contributed by atoms with van der Waals surface area (Å²) in [5.41, 5.74) is 0.968. The Balaban J connectivity index is 2.12. The molecule has 0 saturated carbocycles. The number of hydrazone groups is 1. The molecule has 3 heterocycles. The number of hydrogen-bond acceptors (Lipinski definition) is 6. The van der Waals surface area contributed by atoms with Gasteiger partial charge in [-0.3, -0.25) is 9.36 Å². The van der Waals surface area contributed by atoms with Gasteiger partial charge in [-0.05, 0) is 24.4 Å². The van der Waals surface area contributed by atoms with Gasteiger partial charge in [0, 0.05) is 11.3 Å². The highest BCUT2D eigenvalue weighted by Gasteiger charge is 2.30. The van der Waals surface area contributed by atoms with Crippen molar-refractivity contribution in [1.82, 2.24) is 9.58 Å². The Hall–Kier alpha value is -2.37. The fourth-order valence-corrected chi connectivity index (χ4v) is 3.50. The number of rotatable bonds is 4. The molecule has 2 aromatic rings. The molecule has 1 aliphatic heterocycles. The van der Waals surface area contributed by atoms with Crippen molar-refractivity contribution in [1.29, 1.82) is 0 Å². The summed E-state index contributed by atoms with van der Waals surface area (Å²) in [7, 11) is 0. The lowest BCUT2D eigenvalue weighted by molar-refractivity contribution is -0.143. The van der Waals surface area contributed by atoms with Crippen molar-refractivity contribution >= 4 is 45.0 Å². The van der Waals surface area contributed by atoms with Crippen LogP contribution in [-0.2, 0) is 14.3 Å². The normalized spacial score (nSPS) is 14.0. The van der Waals surface area contributed by atoms with Crippen LogP contribution in [0.2, 0.25) is 0 Å².